The molecule has 7 nitrogen and oxygen atoms in total. The normalized spacial score (nSPS) is 24.6. The highest BCUT2D eigenvalue weighted by Gasteiger charge is 2.36. The number of anilines is 1. The number of benzene rings is 1. The van der Waals surface area contributed by atoms with Crippen LogP contribution >= 0.6 is 0 Å². The van der Waals surface area contributed by atoms with Gasteiger partial charge in [0.15, 0.2) is 0 Å². The molecule has 2 amide bonds. The number of piperazine rings is 1. The van der Waals surface area contributed by atoms with Crippen LogP contribution in [0.1, 0.15) is 19.3 Å². The summed E-state index contributed by atoms with van der Waals surface area (Å²) in [6.07, 6.45) is 1.67. The molecule has 2 N–H and O–H groups in total. The lowest BCUT2D eigenvalue weighted by molar-refractivity contribution is -0.137. The molecule has 2 fully saturated rings. The van der Waals surface area contributed by atoms with Gasteiger partial charge in [-0.2, -0.15) is 0 Å². The summed E-state index contributed by atoms with van der Waals surface area (Å²) < 4.78 is 0. The first-order chi connectivity index (χ1) is 13.0. The van der Waals surface area contributed by atoms with Gasteiger partial charge in [0.1, 0.15) is 0 Å². The summed E-state index contributed by atoms with van der Waals surface area (Å²) >= 11 is 0. The summed E-state index contributed by atoms with van der Waals surface area (Å²) in [6, 6.07) is 9.71. The number of likely N-dealkylation sites (N-methyl/N-ethyl adjacent to an activating group) is 1. The van der Waals surface area contributed by atoms with Crippen LogP contribution in [-0.4, -0.2) is 84.2 Å². The first-order valence-electron chi connectivity index (χ1n) is 9.78. The van der Waals surface area contributed by atoms with Crippen molar-refractivity contribution in [1.29, 1.82) is 0 Å². The molecule has 1 aromatic rings. The maximum atomic E-state index is 12.7. The zero-order valence-corrected chi connectivity index (χ0v) is 16.0. The van der Waals surface area contributed by atoms with Gasteiger partial charge in [0.25, 0.3) is 0 Å². The number of carbonyl (C=O) groups is 2. The fourth-order valence-corrected chi connectivity index (χ4v) is 4.16. The van der Waals surface area contributed by atoms with E-state index in [1.807, 2.05) is 35.2 Å². The van der Waals surface area contributed by atoms with Crippen molar-refractivity contribution < 1.29 is 14.7 Å². The highest BCUT2D eigenvalue weighted by molar-refractivity contribution is 5.89. The van der Waals surface area contributed by atoms with Crippen LogP contribution < -0.4 is 5.32 Å². The Balaban J connectivity index is 1.63. The number of urea groups is 1. The Bertz CT molecular complexity index is 631. The number of carboxylic acids is 1. The van der Waals surface area contributed by atoms with Gasteiger partial charge in [-0.3, -0.25) is 9.69 Å². The average molecular weight is 374 g/mol. The van der Waals surface area contributed by atoms with E-state index in [4.69, 9.17) is 5.11 Å². The van der Waals surface area contributed by atoms with Crippen LogP contribution in [0.15, 0.2) is 30.3 Å². The molecular formula is C20H30N4O3. The topological polar surface area (TPSA) is 76.1 Å². The summed E-state index contributed by atoms with van der Waals surface area (Å²) in [7, 11) is 2.13. The maximum Gasteiger partial charge on any atom is 0.321 e. The van der Waals surface area contributed by atoms with E-state index in [0.29, 0.717) is 25.6 Å². The standard InChI is InChI=1S/C20H30N4O3/c1-22-11-13-23(14-12-22)18-9-10-24(15-16(18)7-8-19(25)26)20(27)21-17-5-3-2-4-6-17/h2-6,16,18H,7-15H2,1H3,(H,21,27)(H,25,26). The van der Waals surface area contributed by atoms with Crippen LogP contribution in [0.2, 0.25) is 0 Å². The van der Waals surface area contributed by atoms with E-state index in [1.165, 1.54) is 0 Å². The number of carbonyl (C=O) groups excluding carboxylic acids is 1. The quantitative estimate of drug-likeness (QED) is 0.825. The lowest BCUT2D eigenvalue weighted by Gasteiger charge is -2.46. The van der Waals surface area contributed by atoms with Crippen LogP contribution in [0.3, 0.4) is 0 Å². The molecule has 2 heterocycles. The van der Waals surface area contributed by atoms with Gasteiger partial charge in [0.05, 0.1) is 0 Å². The van der Waals surface area contributed by atoms with Gasteiger partial charge < -0.3 is 20.2 Å². The van der Waals surface area contributed by atoms with Crippen molar-refractivity contribution in [3.05, 3.63) is 30.3 Å². The number of carboxylic acid groups (broad SMARTS) is 1. The van der Waals surface area contributed by atoms with Crippen molar-refractivity contribution in [2.45, 2.75) is 25.3 Å². The number of likely N-dealkylation sites (tertiary alicyclic amines) is 1. The van der Waals surface area contributed by atoms with Crippen LogP contribution in [0.4, 0.5) is 10.5 Å². The fourth-order valence-electron chi connectivity index (χ4n) is 4.16. The predicted molar refractivity (Wildman–Crippen MR) is 105 cm³/mol. The minimum atomic E-state index is -0.766. The molecule has 0 aliphatic carbocycles. The highest BCUT2D eigenvalue weighted by atomic mass is 16.4. The van der Waals surface area contributed by atoms with Crippen molar-refractivity contribution in [2.24, 2.45) is 5.92 Å². The molecule has 2 aliphatic heterocycles. The Morgan fingerprint density at radius 3 is 2.48 bits per heavy atom. The lowest BCUT2D eigenvalue weighted by Crippen LogP contribution is -2.57. The average Bonchev–Trinajstić information content (AvgIpc) is 2.67. The molecule has 0 spiro atoms. The predicted octanol–water partition coefficient (Wildman–Crippen LogP) is 2.02. The minimum absolute atomic E-state index is 0.0987. The summed E-state index contributed by atoms with van der Waals surface area (Å²) in [5.74, 6) is -0.572. The SMILES string of the molecule is CN1CCN(C2CCN(C(=O)Nc3ccccc3)CC2CCC(=O)O)CC1. The van der Waals surface area contributed by atoms with Crippen molar-refractivity contribution in [3.63, 3.8) is 0 Å². The third-order valence-corrected chi connectivity index (χ3v) is 5.74. The largest absolute Gasteiger partial charge is 0.481 e. The number of para-hydroxylation sites is 1. The molecule has 3 rings (SSSR count). The third-order valence-electron chi connectivity index (χ3n) is 5.74. The smallest absolute Gasteiger partial charge is 0.321 e. The lowest BCUT2D eigenvalue weighted by atomic mass is 9.86. The summed E-state index contributed by atoms with van der Waals surface area (Å²) in [5, 5.41) is 12.1. The van der Waals surface area contributed by atoms with E-state index < -0.39 is 5.97 Å². The summed E-state index contributed by atoms with van der Waals surface area (Å²) in [4.78, 5) is 30.4. The molecule has 1 aromatic carbocycles. The highest BCUT2D eigenvalue weighted by Crippen LogP contribution is 2.27. The van der Waals surface area contributed by atoms with Crippen LogP contribution in [0.5, 0.6) is 0 Å². The van der Waals surface area contributed by atoms with Crippen LogP contribution in [-0.2, 0) is 4.79 Å². The zero-order chi connectivity index (χ0) is 19.2. The second-order valence-corrected chi connectivity index (χ2v) is 7.63. The van der Waals surface area contributed by atoms with E-state index in [0.717, 1.165) is 38.3 Å². The number of piperidine rings is 1. The Hall–Kier alpha value is -2.12. The second-order valence-electron chi connectivity index (χ2n) is 7.63. The third kappa shape index (κ3) is 5.43. The molecule has 2 aliphatic rings. The summed E-state index contributed by atoms with van der Waals surface area (Å²) in [5.41, 5.74) is 0.783. The molecule has 0 bridgehead atoms. The van der Waals surface area contributed by atoms with E-state index in [1.54, 1.807) is 0 Å². The molecule has 0 aromatic heterocycles. The molecule has 0 radical (unpaired) electrons. The number of nitrogens with one attached hydrogen (secondary N) is 1. The van der Waals surface area contributed by atoms with Gasteiger partial charge in [0, 0.05) is 57.4 Å². The molecule has 2 saturated heterocycles. The molecular weight excluding hydrogens is 344 g/mol. The van der Waals surface area contributed by atoms with Gasteiger partial charge in [-0.15, -0.1) is 0 Å². The van der Waals surface area contributed by atoms with E-state index in [-0.39, 0.29) is 18.4 Å². The van der Waals surface area contributed by atoms with Gasteiger partial charge in [-0.05, 0) is 37.9 Å². The Morgan fingerprint density at radius 1 is 1.11 bits per heavy atom. The first-order valence-corrected chi connectivity index (χ1v) is 9.78. The number of hydrogen-bond donors (Lipinski definition) is 2. The monoisotopic (exact) mass is 374 g/mol. The Morgan fingerprint density at radius 2 is 1.81 bits per heavy atom. The van der Waals surface area contributed by atoms with E-state index >= 15 is 0 Å². The van der Waals surface area contributed by atoms with Crippen LogP contribution in [0, 0.1) is 5.92 Å². The molecule has 7 heteroatoms. The molecule has 2 atom stereocenters. The fraction of sp³-hybridized carbons (Fsp3) is 0.600. The number of amides is 2. The number of aliphatic carboxylic acids is 1. The molecule has 0 saturated carbocycles. The van der Waals surface area contributed by atoms with Crippen molar-refractivity contribution in [1.82, 2.24) is 14.7 Å². The van der Waals surface area contributed by atoms with Crippen molar-refractivity contribution in [3.8, 4) is 0 Å². The van der Waals surface area contributed by atoms with E-state index in [9.17, 15) is 9.59 Å². The van der Waals surface area contributed by atoms with E-state index in [2.05, 4.69) is 22.2 Å². The Kier molecular flexibility index (Phi) is 6.68. The molecule has 27 heavy (non-hydrogen) atoms. The van der Waals surface area contributed by atoms with Crippen LogP contribution in [0.25, 0.3) is 0 Å². The van der Waals surface area contributed by atoms with Crippen molar-refractivity contribution >= 4 is 17.7 Å². The number of nitrogens with zero attached hydrogens (tertiary/aromatic N) is 3. The van der Waals surface area contributed by atoms with Crippen molar-refractivity contribution in [2.75, 3.05) is 51.6 Å². The number of rotatable bonds is 5. The first kappa shape index (κ1) is 19.6. The number of hydrogen-bond acceptors (Lipinski definition) is 4. The van der Waals surface area contributed by atoms with Gasteiger partial charge in [-0.25, -0.2) is 4.79 Å². The molecule has 2 unspecified atom stereocenters. The maximum absolute atomic E-state index is 12.7. The zero-order valence-electron chi connectivity index (χ0n) is 16.0. The van der Waals surface area contributed by atoms with Gasteiger partial charge >= 0.3 is 12.0 Å². The minimum Gasteiger partial charge on any atom is -0.481 e. The summed E-state index contributed by atoms with van der Waals surface area (Å²) in [6.45, 7) is 5.44. The molecule has 148 valence electrons. The Labute approximate surface area is 160 Å². The second kappa shape index (κ2) is 9.19. The van der Waals surface area contributed by atoms with Gasteiger partial charge in [0.2, 0.25) is 0 Å². The van der Waals surface area contributed by atoms with Gasteiger partial charge in [-0.1, -0.05) is 18.2 Å².